The van der Waals surface area contributed by atoms with Crippen LogP contribution in [0.15, 0.2) is 0 Å². The molecular weight excluding hydrogens is 180 g/mol. The Morgan fingerprint density at radius 3 is 2.36 bits per heavy atom. The van der Waals surface area contributed by atoms with Crippen LogP contribution in [0.3, 0.4) is 0 Å². The van der Waals surface area contributed by atoms with Gasteiger partial charge in [-0.25, -0.2) is 0 Å². The summed E-state index contributed by atoms with van der Waals surface area (Å²) in [5.74, 6) is 0.109. The summed E-state index contributed by atoms with van der Waals surface area (Å²) in [5, 5.41) is 5.54. The lowest BCUT2D eigenvalue weighted by molar-refractivity contribution is -0.121. The highest BCUT2D eigenvalue weighted by atomic mass is 16.2. The van der Waals surface area contributed by atoms with Gasteiger partial charge < -0.3 is 10.6 Å². The van der Waals surface area contributed by atoms with Crippen molar-refractivity contribution in [2.45, 2.75) is 27.2 Å². The normalized spacial score (nSPS) is 10.3. The second-order valence-corrected chi connectivity index (χ2v) is 3.57. The molecule has 0 bridgehead atoms. The molecule has 0 aromatic carbocycles. The zero-order chi connectivity index (χ0) is 11.0. The summed E-state index contributed by atoms with van der Waals surface area (Å²) < 4.78 is 0. The fraction of sp³-hybridized carbons (Fsp3) is 0.800. The molecule has 2 N–H and O–H groups in total. The van der Waals surface area contributed by atoms with Crippen molar-refractivity contribution < 1.29 is 9.59 Å². The summed E-state index contributed by atoms with van der Waals surface area (Å²) in [4.78, 5) is 22.2. The van der Waals surface area contributed by atoms with Crippen LogP contribution in [-0.4, -0.2) is 31.3 Å². The molecule has 0 fully saturated rings. The highest BCUT2D eigenvalue weighted by molar-refractivity contribution is 5.83. The Labute approximate surface area is 85.4 Å². The van der Waals surface area contributed by atoms with Crippen molar-refractivity contribution in [3.63, 3.8) is 0 Å². The van der Waals surface area contributed by atoms with E-state index >= 15 is 0 Å². The average Bonchev–Trinajstić information content (AvgIpc) is 2.14. The lowest BCUT2D eigenvalue weighted by atomic mass is 10.1. The van der Waals surface area contributed by atoms with Crippen LogP contribution < -0.4 is 10.6 Å². The smallest absolute Gasteiger partial charge is 0.233 e. The lowest BCUT2D eigenvalue weighted by Crippen LogP contribution is -2.37. The van der Waals surface area contributed by atoms with Gasteiger partial charge in [0, 0.05) is 12.5 Å². The fourth-order valence-electron chi connectivity index (χ4n) is 0.830. The molecule has 0 rings (SSSR count). The zero-order valence-corrected chi connectivity index (χ0v) is 9.22. The highest BCUT2D eigenvalue weighted by Gasteiger charge is 2.07. The Bertz CT molecular complexity index is 191. The van der Waals surface area contributed by atoms with Crippen molar-refractivity contribution in [2.24, 2.45) is 5.92 Å². The first-order valence-electron chi connectivity index (χ1n) is 5.08. The van der Waals surface area contributed by atoms with E-state index in [1.807, 2.05) is 20.8 Å². The molecule has 0 atom stereocenters. The van der Waals surface area contributed by atoms with Gasteiger partial charge in [-0.15, -0.1) is 0 Å². The minimum Gasteiger partial charge on any atom is -0.355 e. The molecule has 4 nitrogen and oxygen atoms in total. The highest BCUT2D eigenvalue weighted by Crippen LogP contribution is 1.91. The maximum atomic E-state index is 11.1. The van der Waals surface area contributed by atoms with Crippen molar-refractivity contribution in [1.82, 2.24) is 10.6 Å². The minimum atomic E-state index is -0.0524. The molecule has 0 aliphatic rings. The lowest BCUT2D eigenvalue weighted by Gasteiger charge is -2.06. The van der Waals surface area contributed by atoms with Crippen LogP contribution in [0.2, 0.25) is 0 Å². The predicted octanol–water partition coefficient (Wildman–Crippen LogP) is 0.327. The average molecular weight is 200 g/mol. The molecule has 0 aliphatic heterocycles. The van der Waals surface area contributed by atoms with Gasteiger partial charge in [0.2, 0.25) is 5.91 Å². The predicted molar refractivity (Wildman–Crippen MR) is 56.0 cm³/mol. The quantitative estimate of drug-likeness (QED) is 0.622. The third kappa shape index (κ3) is 6.60. The Hall–Kier alpha value is -0.900. The van der Waals surface area contributed by atoms with Crippen LogP contribution in [0.25, 0.3) is 0 Å². The Kier molecular flexibility index (Phi) is 7.02. The van der Waals surface area contributed by atoms with Crippen molar-refractivity contribution in [1.29, 1.82) is 0 Å². The number of hydrogen-bond acceptors (Lipinski definition) is 3. The topological polar surface area (TPSA) is 58.2 Å². The molecule has 0 radical (unpaired) electrons. The first-order valence-corrected chi connectivity index (χ1v) is 5.08. The molecular formula is C10H20N2O2. The SMILES string of the molecule is CCCNC(=O)CNCC(=O)C(C)C. The summed E-state index contributed by atoms with van der Waals surface area (Å²) in [6.07, 6.45) is 0.927. The second-order valence-electron chi connectivity index (χ2n) is 3.57. The van der Waals surface area contributed by atoms with Crippen molar-refractivity contribution in [3.05, 3.63) is 0 Å². The van der Waals surface area contributed by atoms with Crippen molar-refractivity contribution >= 4 is 11.7 Å². The van der Waals surface area contributed by atoms with Gasteiger partial charge in [0.1, 0.15) is 5.78 Å². The Balaban J connectivity index is 3.44. The van der Waals surface area contributed by atoms with E-state index in [2.05, 4.69) is 10.6 Å². The van der Waals surface area contributed by atoms with Crippen LogP contribution in [0, 0.1) is 5.92 Å². The van der Waals surface area contributed by atoms with Gasteiger partial charge in [0.15, 0.2) is 0 Å². The number of amides is 1. The standard InChI is InChI=1S/C10H20N2O2/c1-4-5-12-10(14)7-11-6-9(13)8(2)3/h8,11H,4-7H2,1-3H3,(H,12,14). The third-order valence-electron chi connectivity index (χ3n) is 1.80. The molecule has 0 saturated heterocycles. The first-order chi connectivity index (χ1) is 6.57. The Morgan fingerprint density at radius 2 is 1.86 bits per heavy atom. The molecule has 4 heteroatoms. The van der Waals surface area contributed by atoms with E-state index in [-0.39, 0.29) is 30.7 Å². The van der Waals surface area contributed by atoms with Gasteiger partial charge in [-0.1, -0.05) is 20.8 Å². The van der Waals surface area contributed by atoms with E-state index in [0.29, 0.717) is 6.54 Å². The van der Waals surface area contributed by atoms with Gasteiger partial charge >= 0.3 is 0 Å². The maximum Gasteiger partial charge on any atom is 0.233 e. The van der Waals surface area contributed by atoms with Gasteiger partial charge in [-0.05, 0) is 6.42 Å². The number of rotatable bonds is 7. The molecule has 0 aromatic heterocycles. The van der Waals surface area contributed by atoms with Crippen LogP contribution >= 0.6 is 0 Å². The summed E-state index contributed by atoms with van der Waals surface area (Å²) in [7, 11) is 0. The van der Waals surface area contributed by atoms with Crippen LogP contribution in [0.5, 0.6) is 0 Å². The van der Waals surface area contributed by atoms with E-state index in [4.69, 9.17) is 0 Å². The number of nitrogens with one attached hydrogen (secondary N) is 2. The van der Waals surface area contributed by atoms with Gasteiger partial charge in [0.05, 0.1) is 13.1 Å². The van der Waals surface area contributed by atoms with Crippen molar-refractivity contribution in [3.8, 4) is 0 Å². The monoisotopic (exact) mass is 200 g/mol. The molecule has 1 amide bonds. The number of Topliss-reactive ketones (excluding diaryl/α,β-unsaturated/α-hetero) is 1. The van der Waals surface area contributed by atoms with Gasteiger partial charge in [-0.3, -0.25) is 9.59 Å². The molecule has 0 aliphatic carbocycles. The molecule has 14 heavy (non-hydrogen) atoms. The summed E-state index contributed by atoms with van der Waals surface area (Å²) >= 11 is 0. The number of ketones is 1. The van der Waals surface area contributed by atoms with E-state index in [9.17, 15) is 9.59 Å². The van der Waals surface area contributed by atoms with E-state index in [1.54, 1.807) is 0 Å². The summed E-state index contributed by atoms with van der Waals surface area (Å²) in [5.41, 5.74) is 0. The second kappa shape index (κ2) is 7.50. The van der Waals surface area contributed by atoms with E-state index < -0.39 is 0 Å². The molecule has 0 aromatic rings. The van der Waals surface area contributed by atoms with Crippen LogP contribution in [-0.2, 0) is 9.59 Å². The van der Waals surface area contributed by atoms with Crippen LogP contribution in [0.4, 0.5) is 0 Å². The number of carbonyl (C=O) groups is 2. The number of hydrogen-bond donors (Lipinski definition) is 2. The third-order valence-corrected chi connectivity index (χ3v) is 1.80. The van der Waals surface area contributed by atoms with Crippen molar-refractivity contribution in [2.75, 3.05) is 19.6 Å². The molecule has 0 saturated carbocycles. The molecule has 0 heterocycles. The van der Waals surface area contributed by atoms with E-state index in [0.717, 1.165) is 6.42 Å². The largest absolute Gasteiger partial charge is 0.355 e. The Morgan fingerprint density at radius 1 is 1.21 bits per heavy atom. The number of carbonyl (C=O) groups excluding carboxylic acids is 2. The molecule has 0 spiro atoms. The molecule has 0 unspecified atom stereocenters. The molecule has 82 valence electrons. The summed E-state index contributed by atoms with van der Waals surface area (Å²) in [6, 6.07) is 0. The van der Waals surface area contributed by atoms with E-state index in [1.165, 1.54) is 0 Å². The van der Waals surface area contributed by atoms with Gasteiger partial charge in [0.25, 0.3) is 0 Å². The summed E-state index contributed by atoms with van der Waals surface area (Å²) in [6.45, 7) is 6.88. The van der Waals surface area contributed by atoms with Gasteiger partial charge in [-0.2, -0.15) is 0 Å². The maximum absolute atomic E-state index is 11.1. The first kappa shape index (κ1) is 13.1. The minimum absolute atomic E-state index is 0.0289. The fourth-order valence-corrected chi connectivity index (χ4v) is 0.830. The van der Waals surface area contributed by atoms with Crippen LogP contribution in [0.1, 0.15) is 27.2 Å². The zero-order valence-electron chi connectivity index (χ0n) is 9.22.